The Hall–Kier alpha value is -0.960. The predicted octanol–water partition coefficient (Wildman–Crippen LogP) is 1.41. The third-order valence-electron chi connectivity index (χ3n) is 1.01. The van der Waals surface area contributed by atoms with E-state index in [1.807, 2.05) is 13.8 Å². The molecule has 0 saturated heterocycles. The molecule has 0 aromatic heterocycles. The van der Waals surface area contributed by atoms with E-state index in [4.69, 9.17) is 9.47 Å². The minimum absolute atomic E-state index is 0.430. The summed E-state index contributed by atoms with van der Waals surface area (Å²) in [5, 5.41) is 0. The second-order valence-electron chi connectivity index (χ2n) is 1.89. The summed E-state index contributed by atoms with van der Waals surface area (Å²) in [4.78, 5) is 0. The molecule has 0 heterocycles. The van der Waals surface area contributed by atoms with Crippen molar-refractivity contribution in [3.8, 4) is 23.7 Å². The first-order chi connectivity index (χ1) is 5.85. The second kappa shape index (κ2) is 8.14. The minimum atomic E-state index is -0.430. The van der Waals surface area contributed by atoms with Crippen LogP contribution in [0.5, 0.6) is 0 Å². The fourth-order valence-corrected chi connectivity index (χ4v) is 0.592. The van der Waals surface area contributed by atoms with Crippen LogP contribution in [-0.2, 0) is 9.47 Å². The summed E-state index contributed by atoms with van der Waals surface area (Å²) in [6, 6.07) is 0. The molecular formula is C10H14O2. The third-order valence-corrected chi connectivity index (χ3v) is 1.01. The summed E-state index contributed by atoms with van der Waals surface area (Å²) in [5.74, 6) is 10.7. The van der Waals surface area contributed by atoms with Crippen LogP contribution in [0.2, 0.25) is 0 Å². The maximum atomic E-state index is 5.17. The minimum Gasteiger partial charge on any atom is -0.342 e. The fraction of sp³-hybridized carbons (Fsp3) is 0.600. The summed E-state index contributed by atoms with van der Waals surface area (Å²) in [5.41, 5.74) is 0. The molecule has 0 unspecified atom stereocenters. The standard InChI is InChI=1S/C10H14O2/c1-4-7-8-9-10(11-5-2)12-6-3/h10H,5-6H2,1-3H3. The Kier molecular flexibility index (Phi) is 7.49. The van der Waals surface area contributed by atoms with Crippen LogP contribution in [0, 0.1) is 23.7 Å². The van der Waals surface area contributed by atoms with Crippen molar-refractivity contribution in [3.05, 3.63) is 0 Å². The molecule has 0 saturated carbocycles. The SMILES string of the molecule is CC#CC#CC(OCC)OCC. The molecule has 0 aromatic rings. The number of rotatable bonds is 4. The van der Waals surface area contributed by atoms with Gasteiger partial charge in [-0.2, -0.15) is 0 Å². The zero-order chi connectivity index (χ0) is 9.23. The summed E-state index contributed by atoms with van der Waals surface area (Å²) in [7, 11) is 0. The molecule has 12 heavy (non-hydrogen) atoms. The molecule has 0 radical (unpaired) electrons. The molecule has 0 aliphatic rings. The summed E-state index contributed by atoms with van der Waals surface area (Å²) in [6.45, 7) is 6.74. The van der Waals surface area contributed by atoms with Crippen molar-refractivity contribution in [2.24, 2.45) is 0 Å². The molecular weight excluding hydrogens is 152 g/mol. The van der Waals surface area contributed by atoms with E-state index in [1.165, 1.54) is 0 Å². The predicted molar refractivity (Wildman–Crippen MR) is 48.3 cm³/mol. The summed E-state index contributed by atoms with van der Waals surface area (Å²) < 4.78 is 10.3. The monoisotopic (exact) mass is 166 g/mol. The van der Waals surface area contributed by atoms with Crippen LogP contribution in [0.15, 0.2) is 0 Å². The van der Waals surface area contributed by atoms with Crippen molar-refractivity contribution < 1.29 is 9.47 Å². The lowest BCUT2D eigenvalue weighted by Crippen LogP contribution is -2.14. The van der Waals surface area contributed by atoms with E-state index < -0.39 is 6.29 Å². The zero-order valence-electron chi connectivity index (χ0n) is 7.81. The Bertz CT molecular complexity index is 205. The molecule has 0 fully saturated rings. The van der Waals surface area contributed by atoms with Gasteiger partial charge in [-0.15, -0.1) is 0 Å². The first-order valence-electron chi connectivity index (χ1n) is 4.00. The molecule has 2 nitrogen and oxygen atoms in total. The molecule has 0 aromatic carbocycles. The van der Waals surface area contributed by atoms with E-state index in [1.54, 1.807) is 6.92 Å². The van der Waals surface area contributed by atoms with E-state index >= 15 is 0 Å². The highest BCUT2D eigenvalue weighted by Gasteiger charge is 2.00. The zero-order valence-corrected chi connectivity index (χ0v) is 7.81. The van der Waals surface area contributed by atoms with Gasteiger partial charge in [0.1, 0.15) is 0 Å². The van der Waals surface area contributed by atoms with Crippen LogP contribution in [0.3, 0.4) is 0 Å². The second-order valence-corrected chi connectivity index (χ2v) is 1.89. The van der Waals surface area contributed by atoms with Gasteiger partial charge in [-0.3, -0.25) is 0 Å². The molecule has 0 atom stereocenters. The molecule has 0 bridgehead atoms. The highest BCUT2D eigenvalue weighted by Crippen LogP contribution is 1.91. The van der Waals surface area contributed by atoms with Gasteiger partial charge in [0.05, 0.1) is 0 Å². The van der Waals surface area contributed by atoms with E-state index in [9.17, 15) is 0 Å². The fourth-order valence-electron chi connectivity index (χ4n) is 0.592. The largest absolute Gasteiger partial charge is 0.342 e. The van der Waals surface area contributed by atoms with Gasteiger partial charge in [-0.05, 0) is 38.5 Å². The topological polar surface area (TPSA) is 18.5 Å². The Morgan fingerprint density at radius 1 is 1.08 bits per heavy atom. The van der Waals surface area contributed by atoms with Gasteiger partial charge in [0.15, 0.2) is 0 Å². The highest BCUT2D eigenvalue weighted by atomic mass is 16.7. The van der Waals surface area contributed by atoms with E-state index in [-0.39, 0.29) is 0 Å². The highest BCUT2D eigenvalue weighted by molar-refractivity contribution is 5.25. The average Bonchev–Trinajstić information content (AvgIpc) is 2.06. The van der Waals surface area contributed by atoms with E-state index in [0.29, 0.717) is 13.2 Å². The molecule has 2 heteroatoms. The van der Waals surface area contributed by atoms with Crippen LogP contribution in [0.4, 0.5) is 0 Å². The number of hydrogen-bond donors (Lipinski definition) is 0. The summed E-state index contributed by atoms with van der Waals surface area (Å²) in [6.07, 6.45) is -0.430. The van der Waals surface area contributed by atoms with E-state index in [0.717, 1.165) is 0 Å². The molecule has 0 amide bonds. The maximum absolute atomic E-state index is 5.17. The quantitative estimate of drug-likeness (QED) is 0.464. The average molecular weight is 166 g/mol. The smallest absolute Gasteiger partial charge is 0.223 e. The van der Waals surface area contributed by atoms with Crippen LogP contribution >= 0.6 is 0 Å². The van der Waals surface area contributed by atoms with Crippen LogP contribution in [0.1, 0.15) is 20.8 Å². The van der Waals surface area contributed by atoms with Crippen molar-refractivity contribution in [3.63, 3.8) is 0 Å². The normalized spacial score (nSPS) is 8.33. The van der Waals surface area contributed by atoms with Gasteiger partial charge >= 0.3 is 0 Å². The molecule has 0 aliphatic carbocycles. The first-order valence-corrected chi connectivity index (χ1v) is 4.00. The Morgan fingerprint density at radius 2 is 1.67 bits per heavy atom. The van der Waals surface area contributed by atoms with Gasteiger partial charge in [-0.25, -0.2) is 0 Å². The lowest BCUT2D eigenvalue weighted by molar-refractivity contribution is -0.0969. The first kappa shape index (κ1) is 11.0. The third kappa shape index (κ3) is 5.80. The van der Waals surface area contributed by atoms with Crippen molar-refractivity contribution in [1.29, 1.82) is 0 Å². The van der Waals surface area contributed by atoms with Gasteiger partial charge in [0.25, 0.3) is 0 Å². The maximum Gasteiger partial charge on any atom is 0.223 e. The molecule has 66 valence electrons. The van der Waals surface area contributed by atoms with Crippen LogP contribution in [-0.4, -0.2) is 19.5 Å². The van der Waals surface area contributed by atoms with Crippen molar-refractivity contribution in [2.45, 2.75) is 27.1 Å². The molecule has 0 aliphatic heterocycles. The van der Waals surface area contributed by atoms with Gasteiger partial charge in [0, 0.05) is 13.2 Å². The summed E-state index contributed by atoms with van der Waals surface area (Å²) >= 11 is 0. The number of ether oxygens (including phenoxy) is 2. The Morgan fingerprint density at radius 3 is 2.08 bits per heavy atom. The molecule has 0 spiro atoms. The Labute approximate surface area is 74.2 Å². The molecule has 0 rings (SSSR count). The van der Waals surface area contributed by atoms with Crippen molar-refractivity contribution in [2.75, 3.05) is 13.2 Å². The van der Waals surface area contributed by atoms with Gasteiger partial charge in [-0.1, -0.05) is 5.92 Å². The van der Waals surface area contributed by atoms with Crippen LogP contribution < -0.4 is 0 Å². The lowest BCUT2D eigenvalue weighted by Gasteiger charge is -2.08. The van der Waals surface area contributed by atoms with E-state index in [2.05, 4.69) is 23.7 Å². The van der Waals surface area contributed by atoms with Crippen LogP contribution in [0.25, 0.3) is 0 Å². The van der Waals surface area contributed by atoms with Gasteiger partial charge in [0.2, 0.25) is 6.29 Å². The number of hydrogen-bond acceptors (Lipinski definition) is 2. The van der Waals surface area contributed by atoms with Crippen molar-refractivity contribution >= 4 is 0 Å². The van der Waals surface area contributed by atoms with Crippen molar-refractivity contribution in [1.82, 2.24) is 0 Å². The Balaban J connectivity index is 3.92. The molecule has 0 N–H and O–H groups in total. The van der Waals surface area contributed by atoms with Gasteiger partial charge < -0.3 is 9.47 Å². The lowest BCUT2D eigenvalue weighted by atomic mass is 10.5.